The Hall–Kier alpha value is -2.14. The number of carbonyl (C=O) groups is 1. The van der Waals surface area contributed by atoms with E-state index in [4.69, 9.17) is 0 Å². The summed E-state index contributed by atoms with van der Waals surface area (Å²) >= 11 is 0. The smallest absolute Gasteiger partial charge is 0.239 e. The van der Waals surface area contributed by atoms with Crippen molar-refractivity contribution in [1.82, 2.24) is 0 Å². The van der Waals surface area contributed by atoms with Gasteiger partial charge in [0, 0.05) is 5.69 Å². The molecule has 0 aromatic heterocycles. The molecule has 0 atom stereocenters. The first kappa shape index (κ1) is 17.2. The molecule has 1 N–H and O–H groups in total. The van der Waals surface area contributed by atoms with E-state index < -0.39 is 21.5 Å². The van der Waals surface area contributed by atoms with Gasteiger partial charge in [-0.25, -0.2) is 8.42 Å². The van der Waals surface area contributed by atoms with Gasteiger partial charge in [-0.2, -0.15) is 0 Å². The lowest BCUT2D eigenvalue weighted by Gasteiger charge is -2.09. The first-order valence-electron chi connectivity index (χ1n) is 7.47. The number of anilines is 1. The maximum atomic E-state index is 12.2. The molecule has 2 rings (SSSR count). The van der Waals surface area contributed by atoms with Crippen LogP contribution in [0.1, 0.15) is 30.9 Å². The van der Waals surface area contributed by atoms with Gasteiger partial charge in [-0.05, 0) is 42.7 Å². The SMILES string of the molecule is Cc1ccc(S(=O)(=O)CC(=O)Nc2ccc(C(C)C)cc2)cc1. The van der Waals surface area contributed by atoms with Crippen LogP contribution in [0.2, 0.25) is 0 Å². The molecule has 5 heteroatoms. The lowest BCUT2D eigenvalue weighted by Crippen LogP contribution is -2.23. The standard InChI is InChI=1S/C18H21NO3S/c1-13(2)15-6-8-16(9-7-15)19-18(20)12-23(21,22)17-10-4-14(3)5-11-17/h4-11,13H,12H2,1-3H3,(H,19,20). The van der Waals surface area contributed by atoms with E-state index >= 15 is 0 Å². The van der Waals surface area contributed by atoms with Crippen molar-refractivity contribution in [3.8, 4) is 0 Å². The lowest BCUT2D eigenvalue weighted by molar-refractivity contribution is -0.113. The average molecular weight is 331 g/mol. The number of hydrogen-bond donors (Lipinski definition) is 1. The minimum Gasteiger partial charge on any atom is -0.325 e. The Kier molecular flexibility index (Phi) is 5.21. The Labute approximate surface area is 137 Å². The molecular weight excluding hydrogens is 310 g/mol. The zero-order valence-electron chi connectivity index (χ0n) is 13.5. The number of hydrogen-bond acceptors (Lipinski definition) is 3. The van der Waals surface area contributed by atoms with Crippen LogP contribution in [0.3, 0.4) is 0 Å². The second kappa shape index (κ2) is 6.96. The van der Waals surface area contributed by atoms with Crippen LogP contribution in [0.5, 0.6) is 0 Å². The van der Waals surface area contributed by atoms with Gasteiger partial charge in [-0.3, -0.25) is 4.79 Å². The molecule has 4 nitrogen and oxygen atoms in total. The van der Waals surface area contributed by atoms with E-state index in [9.17, 15) is 13.2 Å². The summed E-state index contributed by atoms with van der Waals surface area (Å²) in [5, 5.41) is 2.63. The van der Waals surface area contributed by atoms with Gasteiger partial charge in [0.2, 0.25) is 5.91 Å². The Bertz CT molecular complexity index is 776. The third-order valence-corrected chi connectivity index (χ3v) is 5.19. The summed E-state index contributed by atoms with van der Waals surface area (Å²) in [7, 11) is -3.63. The van der Waals surface area contributed by atoms with Crippen molar-refractivity contribution >= 4 is 21.4 Å². The van der Waals surface area contributed by atoms with Crippen molar-refractivity contribution in [1.29, 1.82) is 0 Å². The van der Waals surface area contributed by atoms with Crippen molar-refractivity contribution in [3.63, 3.8) is 0 Å². The predicted molar refractivity (Wildman–Crippen MR) is 92.4 cm³/mol. The first-order chi connectivity index (χ1) is 10.8. The molecule has 0 radical (unpaired) electrons. The molecule has 0 saturated carbocycles. The lowest BCUT2D eigenvalue weighted by atomic mass is 10.0. The first-order valence-corrected chi connectivity index (χ1v) is 9.12. The van der Waals surface area contributed by atoms with Gasteiger partial charge in [0.1, 0.15) is 5.75 Å². The minimum atomic E-state index is -3.63. The molecule has 0 fully saturated rings. The van der Waals surface area contributed by atoms with Crippen LogP contribution in [0.15, 0.2) is 53.4 Å². The fourth-order valence-electron chi connectivity index (χ4n) is 2.15. The Morgan fingerprint density at radius 3 is 2.09 bits per heavy atom. The van der Waals surface area contributed by atoms with Gasteiger partial charge in [0.05, 0.1) is 4.90 Å². The Morgan fingerprint density at radius 2 is 1.57 bits per heavy atom. The fraction of sp³-hybridized carbons (Fsp3) is 0.278. The second-order valence-electron chi connectivity index (χ2n) is 5.90. The molecule has 0 aliphatic carbocycles. The van der Waals surface area contributed by atoms with E-state index in [2.05, 4.69) is 19.2 Å². The number of carbonyl (C=O) groups excluding carboxylic acids is 1. The van der Waals surface area contributed by atoms with Gasteiger partial charge in [-0.15, -0.1) is 0 Å². The fourth-order valence-corrected chi connectivity index (χ4v) is 3.28. The summed E-state index contributed by atoms with van der Waals surface area (Å²) in [6, 6.07) is 13.9. The Balaban J connectivity index is 2.05. The molecule has 122 valence electrons. The second-order valence-corrected chi connectivity index (χ2v) is 7.89. The van der Waals surface area contributed by atoms with Crippen LogP contribution in [0.25, 0.3) is 0 Å². The highest BCUT2D eigenvalue weighted by molar-refractivity contribution is 7.92. The monoisotopic (exact) mass is 331 g/mol. The number of rotatable bonds is 5. The largest absolute Gasteiger partial charge is 0.325 e. The highest BCUT2D eigenvalue weighted by atomic mass is 32.2. The van der Waals surface area contributed by atoms with Crippen molar-refractivity contribution in [3.05, 3.63) is 59.7 Å². The van der Waals surface area contributed by atoms with E-state index in [0.29, 0.717) is 11.6 Å². The zero-order valence-corrected chi connectivity index (χ0v) is 14.4. The molecule has 1 amide bonds. The van der Waals surface area contributed by atoms with Crippen molar-refractivity contribution in [2.24, 2.45) is 0 Å². The molecule has 0 aliphatic heterocycles. The van der Waals surface area contributed by atoms with E-state index in [1.807, 2.05) is 19.1 Å². The topological polar surface area (TPSA) is 63.2 Å². The minimum absolute atomic E-state index is 0.161. The molecule has 0 aliphatic rings. The molecule has 0 spiro atoms. The Morgan fingerprint density at radius 1 is 1.00 bits per heavy atom. The summed E-state index contributed by atoms with van der Waals surface area (Å²) in [5.74, 6) is -0.702. The molecule has 0 saturated heterocycles. The summed E-state index contributed by atoms with van der Waals surface area (Å²) in [6.07, 6.45) is 0. The van der Waals surface area contributed by atoms with E-state index in [-0.39, 0.29) is 4.90 Å². The van der Waals surface area contributed by atoms with E-state index in [1.165, 1.54) is 12.1 Å². The molecule has 2 aromatic carbocycles. The summed E-state index contributed by atoms with van der Waals surface area (Å²) in [4.78, 5) is 12.2. The number of sulfone groups is 1. The highest BCUT2D eigenvalue weighted by Gasteiger charge is 2.19. The zero-order chi connectivity index (χ0) is 17.0. The average Bonchev–Trinajstić information content (AvgIpc) is 2.47. The van der Waals surface area contributed by atoms with Gasteiger partial charge in [0.15, 0.2) is 9.84 Å². The molecule has 23 heavy (non-hydrogen) atoms. The van der Waals surface area contributed by atoms with Gasteiger partial charge >= 0.3 is 0 Å². The summed E-state index contributed by atoms with van der Waals surface area (Å²) in [6.45, 7) is 6.05. The summed E-state index contributed by atoms with van der Waals surface area (Å²) in [5.41, 5.74) is 2.73. The van der Waals surface area contributed by atoms with Crippen LogP contribution < -0.4 is 5.32 Å². The van der Waals surface area contributed by atoms with Crippen molar-refractivity contribution in [2.45, 2.75) is 31.6 Å². The maximum absolute atomic E-state index is 12.2. The van der Waals surface area contributed by atoms with Gasteiger partial charge < -0.3 is 5.32 Å². The molecule has 2 aromatic rings. The predicted octanol–water partition coefficient (Wildman–Crippen LogP) is 3.53. The van der Waals surface area contributed by atoms with Crippen molar-refractivity contribution in [2.75, 3.05) is 11.1 Å². The molecular formula is C18H21NO3S. The third-order valence-electron chi connectivity index (χ3n) is 3.56. The number of aryl methyl sites for hydroxylation is 1. The van der Waals surface area contributed by atoms with E-state index in [0.717, 1.165) is 11.1 Å². The normalized spacial score (nSPS) is 11.5. The number of benzene rings is 2. The van der Waals surface area contributed by atoms with Gasteiger partial charge in [-0.1, -0.05) is 43.7 Å². The van der Waals surface area contributed by atoms with Gasteiger partial charge in [0.25, 0.3) is 0 Å². The van der Waals surface area contributed by atoms with Crippen LogP contribution in [-0.2, 0) is 14.6 Å². The number of amides is 1. The number of nitrogens with one attached hydrogen (secondary N) is 1. The molecule has 0 unspecified atom stereocenters. The van der Waals surface area contributed by atoms with Crippen LogP contribution >= 0.6 is 0 Å². The molecule has 0 heterocycles. The van der Waals surface area contributed by atoms with E-state index in [1.54, 1.807) is 24.3 Å². The quantitative estimate of drug-likeness (QED) is 0.911. The molecule has 0 bridgehead atoms. The van der Waals surface area contributed by atoms with Crippen LogP contribution in [0, 0.1) is 6.92 Å². The van der Waals surface area contributed by atoms with Crippen LogP contribution in [0.4, 0.5) is 5.69 Å². The third kappa shape index (κ3) is 4.66. The summed E-state index contributed by atoms with van der Waals surface area (Å²) < 4.78 is 24.5. The van der Waals surface area contributed by atoms with Crippen molar-refractivity contribution < 1.29 is 13.2 Å². The highest BCUT2D eigenvalue weighted by Crippen LogP contribution is 2.18. The maximum Gasteiger partial charge on any atom is 0.239 e. The van der Waals surface area contributed by atoms with Crippen LogP contribution in [-0.4, -0.2) is 20.1 Å².